The zero-order valence-electron chi connectivity index (χ0n) is 20.6. The minimum atomic E-state index is -4.76. The number of aromatic nitrogens is 2. The molecule has 0 bridgehead atoms. The first-order valence-corrected chi connectivity index (χ1v) is 12.2. The van der Waals surface area contributed by atoms with Gasteiger partial charge in [0, 0.05) is 55.1 Å². The number of rotatable bonds is 8. The summed E-state index contributed by atoms with van der Waals surface area (Å²) < 4.78 is 49.9. The van der Waals surface area contributed by atoms with Crippen molar-refractivity contribution in [2.75, 3.05) is 36.5 Å². The predicted octanol–water partition coefficient (Wildman–Crippen LogP) is 4.77. The average molecular weight is 521 g/mol. The molecule has 0 radical (unpaired) electrons. The lowest BCUT2D eigenvalue weighted by Crippen LogP contribution is -2.36. The van der Waals surface area contributed by atoms with Crippen LogP contribution in [0.3, 0.4) is 0 Å². The third-order valence-electron chi connectivity index (χ3n) is 6.44. The van der Waals surface area contributed by atoms with Gasteiger partial charge in [0.05, 0.1) is 25.0 Å². The third-order valence-corrected chi connectivity index (χ3v) is 6.44. The molecule has 1 aliphatic heterocycles. The molecule has 2 fully saturated rings. The van der Waals surface area contributed by atoms with Crippen LogP contribution in [0.5, 0.6) is 5.75 Å². The van der Waals surface area contributed by atoms with Crippen LogP contribution in [0.2, 0.25) is 0 Å². The highest BCUT2D eigenvalue weighted by molar-refractivity contribution is 5.80. The van der Waals surface area contributed by atoms with Crippen LogP contribution >= 0.6 is 0 Å². The molecule has 0 unspecified atom stereocenters. The number of hydrogen-bond donors (Lipinski definition) is 2. The Balaban J connectivity index is 1.39. The molecule has 1 saturated carbocycles. The summed E-state index contributed by atoms with van der Waals surface area (Å²) in [5.41, 5.74) is 1.90. The number of benzene rings is 1. The Morgan fingerprint density at radius 2 is 1.86 bits per heavy atom. The van der Waals surface area contributed by atoms with Crippen LogP contribution < -0.4 is 15.0 Å². The molecule has 4 rings (SSSR count). The van der Waals surface area contributed by atoms with Gasteiger partial charge in [0.25, 0.3) is 0 Å². The third kappa shape index (κ3) is 6.75. The number of aliphatic hydroxyl groups excluding tert-OH is 1. The number of nitrogens with zero attached hydrogens (tertiary/aromatic N) is 5. The molecule has 9 nitrogen and oxygen atoms in total. The number of hydrogen-bond acceptors (Lipinski definition) is 9. The Labute approximate surface area is 213 Å². The highest BCUT2D eigenvalue weighted by Gasteiger charge is 2.39. The number of aliphatic hydroxyl groups is 1. The highest BCUT2D eigenvalue weighted by atomic mass is 19.4. The van der Waals surface area contributed by atoms with Crippen molar-refractivity contribution in [2.45, 2.75) is 57.0 Å². The fourth-order valence-corrected chi connectivity index (χ4v) is 4.50. The molecule has 0 amide bonds. The fraction of sp³-hybridized carbons (Fsp3) is 0.520. The summed E-state index contributed by atoms with van der Waals surface area (Å²) in [5, 5.41) is 12.5. The van der Waals surface area contributed by atoms with Gasteiger partial charge in [-0.05, 0) is 45.4 Å². The lowest BCUT2D eigenvalue weighted by molar-refractivity contribution is -0.206. The molecule has 2 aromatic rings. The maximum absolute atomic E-state index is 12.7. The predicted molar refractivity (Wildman–Crippen MR) is 136 cm³/mol. The molecule has 37 heavy (non-hydrogen) atoms. The van der Waals surface area contributed by atoms with E-state index in [1.807, 2.05) is 19.1 Å². The Bertz CT molecular complexity index is 1080. The van der Waals surface area contributed by atoms with E-state index in [4.69, 9.17) is 9.47 Å². The van der Waals surface area contributed by atoms with Crippen molar-refractivity contribution in [3.8, 4) is 5.75 Å². The molecule has 200 valence electrons. The molecule has 0 spiro atoms. The van der Waals surface area contributed by atoms with E-state index < -0.39 is 17.8 Å². The van der Waals surface area contributed by atoms with Crippen molar-refractivity contribution in [3.05, 3.63) is 30.1 Å². The largest absolute Gasteiger partial charge is 0.488 e. The van der Waals surface area contributed by atoms with Gasteiger partial charge < -0.3 is 24.8 Å². The van der Waals surface area contributed by atoms with Gasteiger partial charge in [0.15, 0.2) is 6.10 Å². The lowest BCUT2D eigenvalue weighted by atomic mass is 9.93. The smallest absolute Gasteiger partial charge is 0.418 e. The van der Waals surface area contributed by atoms with Crippen LogP contribution in [-0.4, -0.2) is 72.6 Å². The molecular formula is C25H31F3N6O3. The zero-order valence-corrected chi connectivity index (χ0v) is 20.6. The molecule has 12 heteroatoms. The van der Waals surface area contributed by atoms with Gasteiger partial charge in [-0.3, -0.25) is 9.98 Å². The minimum absolute atomic E-state index is 0.0397. The Morgan fingerprint density at radius 3 is 2.46 bits per heavy atom. The van der Waals surface area contributed by atoms with Crippen LogP contribution in [-0.2, 0) is 4.74 Å². The minimum Gasteiger partial charge on any atom is -0.488 e. The first-order valence-electron chi connectivity index (χ1n) is 12.2. The number of nitrogens with one attached hydrogen (secondary N) is 1. The van der Waals surface area contributed by atoms with Gasteiger partial charge in [0.1, 0.15) is 11.4 Å². The van der Waals surface area contributed by atoms with E-state index >= 15 is 0 Å². The van der Waals surface area contributed by atoms with Crippen molar-refractivity contribution in [3.63, 3.8) is 0 Å². The monoisotopic (exact) mass is 520 g/mol. The first-order chi connectivity index (χ1) is 17.8. The molecule has 2 heterocycles. The van der Waals surface area contributed by atoms with Crippen LogP contribution in [0.25, 0.3) is 0 Å². The quantitative estimate of drug-likeness (QED) is 0.484. The fourth-order valence-electron chi connectivity index (χ4n) is 4.50. The Morgan fingerprint density at radius 1 is 1.19 bits per heavy atom. The van der Waals surface area contributed by atoms with Crippen molar-refractivity contribution < 1.29 is 27.8 Å². The molecule has 1 aromatic heterocycles. The number of anilines is 2. The summed E-state index contributed by atoms with van der Waals surface area (Å²) in [7, 11) is 0. The molecule has 1 saturated heterocycles. The Hall–Kier alpha value is -3.25. The Kier molecular flexibility index (Phi) is 8.59. The van der Waals surface area contributed by atoms with Crippen molar-refractivity contribution in [2.24, 2.45) is 9.98 Å². The molecule has 2 aliphatic rings. The normalized spacial score (nSPS) is 21.6. The number of halogens is 3. The first kappa shape index (κ1) is 26.8. The van der Waals surface area contributed by atoms with Gasteiger partial charge in [0.2, 0.25) is 5.95 Å². The van der Waals surface area contributed by atoms with Crippen molar-refractivity contribution >= 4 is 35.9 Å². The van der Waals surface area contributed by atoms with E-state index in [2.05, 4.69) is 36.9 Å². The van der Waals surface area contributed by atoms with Gasteiger partial charge >= 0.3 is 6.18 Å². The van der Waals surface area contributed by atoms with E-state index in [1.165, 1.54) is 0 Å². The summed E-state index contributed by atoms with van der Waals surface area (Å²) in [6.07, 6.45) is -0.665. The van der Waals surface area contributed by atoms with E-state index in [1.54, 1.807) is 6.21 Å². The van der Waals surface area contributed by atoms with Gasteiger partial charge in [-0.15, -0.1) is 0 Å². The van der Waals surface area contributed by atoms with Gasteiger partial charge in [-0.25, -0.2) is 9.97 Å². The van der Waals surface area contributed by atoms with E-state index in [9.17, 15) is 18.3 Å². The molecule has 1 aliphatic carbocycles. The second kappa shape index (κ2) is 11.9. The summed E-state index contributed by atoms with van der Waals surface area (Å²) >= 11 is 0. The van der Waals surface area contributed by atoms with Crippen LogP contribution in [0.4, 0.5) is 36.2 Å². The van der Waals surface area contributed by atoms with Gasteiger partial charge in [-0.1, -0.05) is 0 Å². The average Bonchev–Trinajstić information content (AvgIpc) is 2.90. The topological polar surface area (TPSA) is 104 Å². The van der Waals surface area contributed by atoms with Crippen LogP contribution in [0, 0.1) is 0 Å². The standard InChI is InChI=1S/C25H31F3N6O3/c1-3-30-20-12-18(34-8-10-36-11-9-34)13-21(22(20)29-2)37-19-6-4-17(5-7-19)33-24-31-14-16(15-32-24)23(35)25(26,27)28/h3,12-15,17,19,23,35H,2,4-11H2,1H3,(H,31,32,33)/b30-3-/t17-,19+,23-/m1/s1. The SMILES string of the molecule is C=Nc1c(/N=C\C)cc(N2CCOCC2)cc1O[C@H]1CC[C@@H](Nc2ncc([C@@H](O)C(F)(F)F)cn2)CC1. The van der Waals surface area contributed by atoms with Gasteiger partial charge in [-0.2, -0.15) is 13.2 Å². The summed E-state index contributed by atoms with van der Waals surface area (Å²) in [4.78, 5) is 18.8. The van der Waals surface area contributed by atoms with Crippen LogP contribution in [0.1, 0.15) is 44.3 Å². The second-order valence-corrected chi connectivity index (χ2v) is 8.98. The summed E-state index contributed by atoms with van der Waals surface area (Å²) in [5.74, 6) is 0.860. The maximum atomic E-state index is 12.7. The maximum Gasteiger partial charge on any atom is 0.418 e. The molecule has 1 atom stereocenters. The van der Waals surface area contributed by atoms with Crippen molar-refractivity contribution in [1.29, 1.82) is 0 Å². The molecule has 2 N–H and O–H groups in total. The van der Waals surface area contributed by atoms with E-state index in [0.717, 1.165) is 56.9 Å². The molecular weight excluding hydrogens is 489 g/mol. The number of ether oxygens (including phenoxy) is 2. The highest BCUT2D eigenvalue weighted by Crippen LogP contribution is 2.43. The molecule has 1 aromatic carbocycles. The zero-order chi connectivity index (χ0) is 26.4. The summed E-state index contributed by atoms with van der Waals surface area (Å²) in [6.45, 7) is 8.46. The van der Waals surface area contributed by atoms with Crippen LogP contribution in [0.15, 0.2) is 34.5 Å². The second-order valence-electron chi connectivity index (χ2n) is 8.98. The number of aliphatic imine (C=N–C) groups is 2. The van der Waals surface area contributed by atoms with Crippen molar-refractivity contribution in [1.82, 2.24) is 9.97 Å². The lowest BCUT2D eigenvalue weighted by Gasteiger charge is -2.32. The number of morpholine rings is 1. The number of alkyl halides is 3. The summed E-state index contributed by atoms with van der Waals surface area (Å²) in [6, 6.07) is 4.02. The van der Waals surface area contributed by atoms with E-state index in [-0.39, 0.29) is 18.1 Å². The van der Waals surface area contributed by atoms with E-state index in [0.29, 0.717) is 30.3 Å².